The Bertz CT molecular complexity index is 950. The molecule has 0 fully saturated rings. The van der Waals surface area contributed by atoms with E-state index in [9.17, 15) is 0 Å². The highest BCUT2D eigenvalue weighted by molar-refractivity contribution is 7.98. The van der Waals surface area contributed by atoms with E-state index in [-0.39, 0.29) is 0 Å². The van der Waals surface area contributed by atoms with Crippen molar-refractivity contribution in [2.24, 2.45) is 0 Å². The first-order valence-electron chi connectivity index (χ1n) is 6.96. The van der Waals surface area contributed by atoms with E-state index < -0.39 is 0 Å². The van der Waals surface area contributed by atoms with E-state index in [4.69, 9.17) is 16.0 Å². The summed E-state index contributed by atoms with van der Waals surface area (Å²) in [6, 6.07) is 11.3. The number of thioether (sulfide) groups is 1. The number of thiophene rings is 1. The molecule has 0 bridgehead atoms. The van der Waals surface area contributed by atoms with Gasteiger partial charge in [0.25, 0.3) is 0 Å². The lowest BCUT2D eigenvalue weighted by Gasteiger charge is -1.96. The van der Waals surface area contributed by atoms with Crippen LogP contribution in [0.2, 0.25) is 5.02 Å². The number of hydrogen-bond acceptors (Lipinski definition) is 7. The number of halogens is 1. The summed E-state index contributed by atoms with van der Waals surface area (Å²) < 4.78 is 5.66. The summed E-state index contributed by atoms with van der Waals surface area (Å²) in [7, 11) is 0. The molecule has 4 rings (SSSR count). The topological polar surface area (TPSA) is 80.5 Å². The smallest absolute Gasteiger partial charge is 0.249 e. The van der Waals surface area contributed by atoms with Crippen LogP contribution in [0.1, 0.15) is 5.89 Å². The summed E-state index contributed by atoms with van der Waals surface area (Å²) in [6.45, 7) is 0. The van der Waals surface area contributed by atoms with Gasteiger partial charge in [-0.2, -0.15) is 0 Å². The van der Waals surface area contributed by atoms with Gasteiger partial charge in [0.2, 0.25) is 16.9 Å². The predicted octanol–water partition coefficient (Wildman–Crippen LogP) is 4.53. The molecule has 9 heteroatoms. The first-order chi connectivity index (χ1) is 11.8. The largest absolute Gasteiger partial charge is 0.420 e. The molecule has 0 saturated heterocycles. The van der Waals surface area contributed by atoms with Gasteiger partial charge in [-0.25, -0.2) is 4.98 Å². The van der Waals surface area contributed by atoms with Crippen LogP contribution in [-0.2, 0) is 5.75 Å². The minimum atomic E-state index is 0.408. The molecule has 120 valence electrons. The van der Waals surface area contributed by atoms with E-state index in [0.29, 0.717) is 27.7 Å². The molecular weight excluding hydrogens is 366 g/mol. The van der Waals surface area contributed by atoms with Crippen molar-refractivity contribution in [3.05, 3.63) is 52.7 Å². The molecule has 0 saturated carbocycles. The number of aromatic amines is 1. The number of nitrogens with zero attached hydrogens (tertiary/aromatic N) is 4. The molecule has 3 heterocycles. The van der Waals surface area contributed by atoms with Crippen LogP contribution in [0.25, 0.3) is 22.2 Å². The normalized spacial score (nSPS) is 11.0. The summed E-state index contributed by atoms with van der Waals surface area (Å²) in [4.78, 5) is 5.49. The van der Waals surface area contributed by atoms with Crippen molar-refractivity contribution in [2.45, 2.75) is 10.9 Å². The number of rotatable bonds is 5. The standard InChI is InChI=1S/C15H10ClN5OS2/c16-10-5-2-1-4-9(10)14-20-18-12(22-14)8-24-15-17-13(19-21-15)11-6-3-7-23-11/h1-7H,8H2,(H,17,19,21). The van der Waals surface area contributed by atoms with Crippen molar-refractivity contribution in [3.63, 3.8) is 0 Å². The number of nitrogens with one attached hydrogen (secondary N) is 1. The molecule has 0 spiro atoms. The lowest BCUT2D eigenvalue weighted by Crippen LogP contribution is -1.82. The zero-order valence-corrected chi connectivity index (χ0v) is 14.5. The molecule has 4 aromatic rings. The average Bonchev–Trinajstić information content (AvgIpc) is 3.34. The van der Waals surface area contributed by atoms with Gasteiger partial charge >= 0.3 is 0 Å². The Morgan fingerprint density at radius 1 is 1.17 bits per heavy atom. The zero-order valence-electron chi connectivity index (χ0n) is 12.1. The van der Waals surface area contributed by atoms with Crippen LogP contribution in [0.3, 0.4) is 0 Å². The summed E-state index contributed by atoms with van der Waals surface area (Å²) in [5.74, 6) is 2.15. The van der Waals surface area contributed by atoms with Crippen molar-refractivity contribution < 1.29 is 4.42 Å². The second kappa shape index (κ2) is 6.76. The van der Waals surface area contributed by atoms with Crippen molar-refractivity contribution in [1.29, 1.82) is 0 Å². The van der Waals surface area contributed by atoms with Crippen LogP contribution < -0.4 is 0 Å². The Balaban J connectivity index is 1.45. The molecule has 0 radical (unpaired) electrons. The second-order valence-corrected chi connectivity index (χ2v) is 7.01. The maximum atomic E-state index is 6.14. The Hall–Kier alpha value is -2.16. The lowest BCUT2D eigenvalue weighted by atomic mass is 10.2. The van der Waals surface area contributed by atoms with Gasteiger partial charge in [0.15, 0.2) is 5.82 Å². The summed E-state index contributed by atoms with van der Waals surface area (Å²) in [5, 5.41) is 18.4. The van der Waals surface area contributed by atoms with E-state index in [1.54, 1.807) is 17.4 Å². The van der Waals surface area contributed by atoms with Crippen LogP contribution in [0, 0.1) is 0 Å². The lowest BCUT2D eigenvalue weighted by molar-refractivity contribution is 0.528. The summed E-state index contributed by atoms with van der Waals surface area (Å²) in [5.41, 5.74) is 0.723. The van der Waals surface area contributed by atoms with Crippen LogP contribution in [-0.4, -0.2) is 25.4 Å². The molecule has 1 N–H and O–H groups in total. The molecule has 24 heavy (non-hydrogen) atoms. The maximum absolute atomic E-state index is 6.14. The third-order valence-corrected chi connectivity index (χ3v) is 5.15. The Morgan fingerprint density at radius 3 is 2.92 bits per heavy atom. The predicted molar refractivity (Wildman–Crippen MR) is 94.0 cm³/mol. The summed E-state index contributed by atoms with van der Waals surface area (Å²) >= 11 is 9.17. The summed E-state index contributed by atoms with van der Waals surface area (Å²) in [6.07, 6.45) is 0. The van der Waals surface area contributed by atoms with Crippen molar-refractivity contribution >= 4 is 34.7 Å². The molecular formula is C15H10ClN5OS2. The van der Waals surface area contributed by atoms with Crippen LogP contribution in [0.4, 0.5) is 0 Å². The SMILES string of the molecule is Clc1ccccc1-c1nnc(CSc2n[nH]c(-c3cccs3)n2)o1. The number of H-pyrrole nitrogens is 1. The van der Waals surface area contributed by atoms with Gasteiger partial charge in [-0.1, -0.05) is 41.6 Å². The van der Waals surface area contributed by atoms with Crippen LogP contribution >= 0.6 is 34.7 Å². The molecule has 6 nitrogen and oxygen atoms in total. The third kappa shape index (κ3) is 3.21. The number of benzene rings is 1. The fourth-order valence-electron chi connectivity index (χ4n) is 2.02. The maximum Gasteiger partial charge on any atom is 0.249 e. The molecule has 0 amide bonds. The van der Waals surface area contributed by atoms with E-state index in [2.05, 4.69) is 25.4 Å². The number of aromatic nitrogens is 5. The molecule has 0 atom stereocenters. The third-order valence-electron chi connectivity index (χ3n) is 3.12. The van der Waals surface area contributed by atoms with Crippen molar-refractivity contribution in [1.82, 2.24) is 25.4 Å². The first kappa shape index (κ1) is 15.4. The first-order valence-corrected chi connectivity index (χ1v) is 9.20. The molecule has 0 unspecified atom stereocenters. The van der Waals surface area contributed by atoms with Gasteiger partial charge in [-0.3, -0.25) is 5.10 Å². The minimum absolute atomic E-state index is 0.408. The highest BCUT2D eigenvalue weighted by Crippen LogP contribution is 2.28. The Labute approximate surface area is 150 Å². The monoisotopic (exact) mass is 375 g/mol. The molecule has 3 aromatic heterocycles. The average molecular weight is 376 g/mol. The van der Waals surface area contributed by atoms with E-state index in [1.165, 1.54) is 11.8 Å². The quantitative estimate of drug-likeness (QED) is 0.516. The van der Waals surface area contributed by atoms with E-state index in [0.717, 1.165) is 16.3 Å². The van der Waals surface area contributed by atoms with Gasteiger partial charge in [0.05, 0.1) is 21.2 Å². The number of hydrogen-bond donors (Lipinski definition) is 1. The minimum Gasteiger partial charge on any atom is -0.420 e. The highest BCUT2D eigenvalue weighted by Gasteiger charge is 2.13. The molecule has 0 aliphatic carbocycles. The Kier molecular flexibility index (Phi) is 4.33. The van der Waals surface area contributed by atoms with E-state index >= 15 is 0 Å². The molecule has 0 aliphatic heterocycles. The fraction of sp³-hybridized carbons (Fsp3) is 0.0667. The van der Waals surface area contributed by atoms with Gasteiger partial charge in [0, 0.05) is 0 Å². The molecule has 1 aromatic carbocycles. The van der Waals surface area contributed by atoms with Crippen LogP contribution in [0.15, 0.2) is 51.4 Å². The van der Waals surface area contributed by atoms with E-state index in [1.807, 2.05) is 35.7 Å². The molecule has 0 aliphatic rings. The fourth-order valence-corrected chi connectivity index (χ4v) is 3.53. The van der Waals surface area contributed by atoms with Crippen LogP contribution in [0.5, 0.6) is 0 Å². The zero-order chi connectivity index (χ0) is 16.4. The van der Waals surface area contributed by atoms with Crippen molar-refractivity contribution in [2.75, 3.05) is 0 Å². The second-order valence-electron chi connectivity index (χ2n) is 4.71. The van der Waals surface area contributed by atoms with Gasteiger partial charge in [0.1, 0.15) is 0 Å². The van der Waals surface area contributed by atoms with Gasteiger partial charge < -0.3 is 4.42 Å². The van der Waals surface area contributed by atoms with Crippen molar-refractivity contribution in [3.8, 4) is 22.2 Å². The Morgan fingerprint density at radius 2 is 2.08 bits per heavy atom. The highest BCUT2D eigenvalue weighted by atomic mass is 35.5. The van der Waals surface area contributed by atoms with Gasteiger partial charge in [-0.15, -0.1) is 26.6 Å². The van der Waals surface area contributed by atoms with Gasteiger partial charge in [-0.05, 0) is 23.6 Å².